The second kappa shape index (κ2) is 8.56. The summed E-state index contributed by atoms with van der Waals surface area (Å²) in [5.74, 6) is -0.208. The van der Waals surface area contributed by atoms with Crippen LogP contribution in [0.4, 0.5) is 5.69 Å². The maximum Gasteiger partial charge on any atom is 0.232 e. The molecule has 1 amide bonds. The van der Waals surface area contributed by atoms with Crippen LogP contribution in [0.15, 0.2) is 42.5 Å². The molecule has 5 nitrogen and oxygen atoms in total. The van der Waals surface area contributed by atoms with Crippen LogP contribution in [0.3, 0.4) is 0 Å². The summed E-state index contributed by atoms with van der Waals surface area (Å²) in [6, 6.07) is 12.8. The van der Waals surface area contributed by atoms with Gasteiger partial charge in [0.15, 0.2) is 0 Å². The highest BCUT2D eigenvalue weighted by atomic mass is 35.5. The Hall–Kier alpha value is -2.05. The smallest absolute Gasteiger partial charge is 0.232 e. The lowest BCUT2D eigenvalue weighted by molar-refractivity contribution is -0.121. The lowest BCUT2D eigenvalue weighted by Gasteiger charge is -2.22. The number of rotatable bonds is 7. The van der Waals surface area contributed by atoms with Crippen molar-refractivity contribution in [2.24, 2.45) is 0 Å². The normalized spacial score (nSPS) is 11.2. The van der Waals surface area contributed by atoms with Crippen LogP contribution in [0.25, 0.3) is 0 Å². The van der Waals surface area contributed by atoms with E-state index in [1.807, 2.05) is 38.1 Å². The molecule has 0 bridgehead atoms. The third-order valence-corrected chi connectivity index (χ3v) is 5.72. The zero-order valence-electron chi connectivity index (χ0n) is 15.1. The van der Waals surface area contributed by atoms with E-state index in [1.54, 1.807) is 18.2 Å². The fraction of sp³-hybridized carbons (Fsp3) is 0.316. The molecule has 0 fully saturated rings. The van der Waals surface area contributed by atoms with Gasteiger partial charge in [0.05, 0.1) is 11.9 Å². The van der Waals surface area contributed by atoms with E-state index < -0.39 is 10.0 Å². The molecule has 0 saturated carbocycles. The number of nitrogens with one attached hydrogen (secondary N) is 1. The van der Waals surface area contributed by atoms with E-state index in [0.717, 1.165) is 22.9 Å². The van der Waals surface area contributed by atoms with Gasteiger partial charge in [-0.15, -0.1) is 0 Å². The van der Waals surface area contributed by atoms with Gasteiger partial charge in [-0.25, -0.2) is 8.42 Å². The molecule has 26 heavy (non-hydrogen) atoms. The summed E-state index contributed by atoms with van der Waals surface area (Å²) in [5, 5.41) is 3.32. The molecule has 7 heteroatoms. The number of hydrogen-bond acceptors (Lipinski definition) is 3. The van der Waals surface area contributed by atoms with Gasteiger partial charge in [0.2, 0.25) is 15.9 Å². The summed E-state index contributed by atoms with van der Waals surface area (Å²) in [5.41, 5.74) is 3.45. The molecule has 0 atom stereocenters. The third-order valence-electron chi connectivity index (χ3n) is 4.12. The number of carbonyl (C=O) groups is 1. The Bertz CT molecular complexity index is 897. The number of benzene rings is 2. The summed E-state index contributed by atoms with van der Waals surface area (Å²) >= 11 is 6.10. The van der Waals surface area contributed by atoms with E-state index in [4.69, 9.17) is 11.6 Å². The van der Waals surface area contributed by atoms with E-state index in [2.05, 4.69) is 5.32 Å². The van der Waals surface area contributed by atoms with Crippen molar-refractivity contribution in [3.05, 3.63) is 64.2 Å². The topological polar surface area (TPSA) is 66.5 Å². The summed E-state index contributed by atoms with van der Waals surface area (Å²) in [7, 11) is -3.52. The Morgan fingerprint density at radius 3 is 2.42 bits per heavy atom. The lowest BCUT2D eigenvalue weighted by Crippen LogP contribution is -2.34. The number of anilines is 1. The van der Waals surface area contributed by atoms with Crippen LogP contribution in [-0.2, 0) is 21.4 Å². The van der Waals surface area contributed by atoms with Crippen molar-refractivity contribution >= 4 is 33.2 Å². The van der Waals surface area contributed by atoms with Crippen LogP contribution in [-0.4, -0.2) is 27.1 Å². The highest BCUT2D eigenvalue weighted by Crippen LogP contribution is 2.25. The number of nitrogens with zero attached hydrogens (tertiary/aromatic N) is 1. The molecule has 0 aliphatic heterocycles. The predicted molar refractivity (Wildman–Crippen MR) is 106 cm³/mol. The highest BCUT2D eigenvalue weighted by Gasteiger charge is 2.19. The Labute approximate surface area is 160 Å². The monoisotopic (exact) mass is 394 g/mol. The molecular formula is C19H23ClN2O3S. The number of aryl methyl sites for hydroxylation is 2. The van der Waals surface area contributed by atoms with Crippen molar-refractivity contribution in [3.8, 4) is 0 Å². The highest BCUT2D eigenvalue weighted by molar-refractivity contribution is 7.92. The number of amides is 1. The fourth-order valence-corrected chi connectivity index (χ4v) is 3.61. The van der Waals surface area contributed by atoms with Gasteiger partial charge in [0.25, 0.3) is 0 Å². The molecule has 0 aromatic heterocycles. The second-order valence-corrected chi connectivity index (χ2v) is 8.54. The van der Waals surface area contributed by atoms with Crippen LogP contribution in [0.1, 0.15) is 23.1 Å². The summed E-state index contributed by atoms with van der Waals surface area (Å²) < 4.78 is 25.4. The average Bonchev–Trinajstić information content (AvgIpc) is 2.56. The van der Waals surface area contributed by atoms with Crippen molar-refractivity contribution < 1.29 is 13.2 Å². The van der Waals surface area contributed by atoms with E-state index in [1.165, 1.54) is 4.31 Å². The fourth-order valence-electron chi connectivity index (χ4n) is 2.52. The molecular weight excluding hydrogens is 372 g/mol. The van der Waals surface area contributed by atoms with Gasteiger partial charge in [0, 0.05) is 24.5 Å². The number of halogens is 1. The van der Waals surface area contributed by atoms with Crippen molar-refractivity contribution in [2.75, 3.05) is 17.1 Å². The second-order valence-electron chi connectivity index (χ2n) is 6.22. The number of carbonyl (C=O) groups excluding carboxylic acids is 1. The standard InChI is InChI=1S/C19H23ClN2O3S/c1-14-6-4-5-7-16(14)13-21-19(23)10-11-22(26(3,24)25)17-9-8-15(2)18(20)12-17/h4-9,12H,10-11,13H2,1-3H3,(H,21,23). The predicted octanol–water partition coefficient (Wildman–Crippen LogP) is 3.43. The lowest BCUT2D eigenvalue weighted by atomic mass is 10.1. The van der Waals surface area contributed by atoms with Crippen molar-refractivity contribution in [1.82, 2.24) is 5.32 Å². The maximum absolute atomic E-state index is 12.2. The molecule has 0 saturated heterocycles. The summed E-state index contributed by atoms with van der Waals surface area (Å²) in [6.07, 6.45) is 1.18. The Balaban J connectivity index is 2.02. The average molecular weight is 395 g/mol. The molecule has 0 unspecified atom stereocenters. The van der Waals surface area contributed by atoms with E-state index in [0.29, 0.717) is 17.3 Å². The molecule has 2 aromatic rings. The number of hydrogen-bond donors (Lipinski definition) is 1. The van der Waals surface area contributed by atoms with Crippen molar-refractivity contribution in [3.63, 3.8) is 0 Å². The van der Waals surface area contributed by atoms with Crippen LogP contribution in [0.2, 0.25) is 5.02 Å². The van der Waals surface area contributed by atoms with Gasteiger partial charge in [-0.3, -0.25) is 9.10 Å². The summed E-state index contributed by atoms with van der Waals surface area (Å²) in [6.45, 7) is 4.29. The van der Waals surface area contributed by atoms with Crippen molar-refractivity contribution in [1.29, 1.82) is 0 Å². The molecule has 2 rings (SSSR count). The van der Waals surface area contributed by atoms with E-state index in [-0.39, 0.29) is 18.9 Å². The van der Waals surface area contributed by atoms with E-state index in [9.17, 15) is 13.2 Å². The SMILES string of the molecule is Cc1ccc(N(CCC(=O)NCc2ccccc2C)S(C)(=O)=O)cc1Cl. The van der Waals surface area contributed by atoms with Crippen LogP contribution in [0.5, 0.6) is 0 Å². The van der Waals surface area contributed by atoms with E-state index >= 15 is 0 Å². The molecule has 0 aliphatic carbocycles. The molecule has 0 radical (unpaired) electrons. The van der Waals surface area contributed by atoms with Gasteiger partial charge in [-0.1, -0.05) is 41.9 Å². The van der Waals surface area contributed by atoms with Gasteiger partial charge in [-0.2, -0.15) is 0 Å². The zero-order chi connectivity index (χ0) is 19.3. The van der Waals surface area contributed by atoms with Crippen LogP contribution in [0, 0.1) is 13.8 Å². The maximum atomic E-state index is 12.2. The zero-order valence-corrected chi connectivity index (χ0v) is 16.7. The first kappa shape index (κ1) is 20.3. The third kappa shape index (κ3) is 5.47. The first-order valence-corrected chi connectivity index (χ1v) is 10.5. The molecule has 0 heterocycles. The first-order chi connectivity index (χ1) is 12.2. The van der Waals surface area contributed by atoms with Crippen molar-refractivity contribution in [2.45, 2.75) is 26.8 Å². The van der Waals surface area contributed by atoms with Crippen LogP contribution >= 0.6 is 11.6 Å². The molecule has 1 N–H and O–H groups in total. The molecule has 140 valence electrons. The molecule has 0 aliphatic rings. The first-order valence-electron chi connectivity index (χ1n) is 8.23. The minimum absolute atomic E-state index is 0.0534. The Morgan fingerprint density at radius 2 is 1.81 bits per heavy atom. The van der Waals surface area contributed by atoms with Crippen LogP contribution < -0.4 is 9.62 Å². The Kier molecular flexibility index (Phi) is 6.67. The minimum atomic E-state index is -3.52. The van der Waals surface area contributed by atoms with Gasteiger partial charge >= 0.3 is 0 Å². The number of sulfonamides is 1. The largest absolute Gasteiger partial charge is 0.352 e. The molecule has 0 spiro atoms. The molecule has 2 aromatic carbocycles. The van der Waals surface area contributed by atoms with Gasteiger partial charge in [0.1, 0.15) is 0 Å². The van der Waals surface area contributed by atoms with Gasteiger partial charge in [-0.05, 0) is 42.7 Å². The minimum Gasteiger partial charge on any atom is -0.352 e. The summed E-state index contributed by atoms with van der Waals surface area (Å²) in [4.78, 5) is 12.2. The Morgan fingerprint density at radius 1 is 1.12 bits per heavy atom. The van der Waals surface area contributed by atoms with Gasteiger partial charge < -0.3 is 5.32 Å². The quantitative estimate of drug-likeness (QED) is 0.782.